The Morgan fingerprint density at radius 3 is 3.07 bits per heavy atom. The molecule has 0 saturated carbocycles. The summed E-state index contributed by atoms with van der Waals surface area (Å²) in [6.07, 6.45) is 6.39. The van der Waals surface area contributed by atoms with E-state index < -0.39 is 0 Å². The Hall–Kier alpha value is -1.83. The largest absolute Gasteiger partial charge is 0.345 e. The maximum atomic E-state index is 4.21. The topological polar surface area (TPSA) is 28.7 Å². The van der Waals surface area contributed by atoms with E-state index in [-0.39, 0.29) is 0 Å². The summed E-state index contributed by atoms with van der Waals surface area (Å²) in [5.41, 5.74) is 2.38. The molecule has 0 atom stereocenters. The maximum Gasteiger partial charge on any atom is 0.137 e. The van der Waals surface area contributed by atoms with Gasteiger partial charge in [-0.15, -0.1) is 6.58 Å². The summed E-state index contributed by atoms with van der Waals surface area (Å²) < 4.78 is 0. The normalized spacial score (nSPS) is 10.0. The van der Waals surface area contributed by atoms with Crippen molar-refractivity contribution in [3.63, 3.8) is 0 Å². The summed E-state index contributed by atoms with van der Waals surface area (Å²) in [5.74, 6) is 0.913. The Bertz CT molecular complexity index is 416. The number of H-pyrrole nitrogens is 1. The number of aromatic nitrogens is 2. The van der Waals surface area contributed by atoms with Gasteiger partial charge in [0.15, 0.2) is 0 Å². The van der Waals surface area contributed by atoms with Crippen LogP contribution in [-0.2, 0) is 6.42 Å². The molecule has 0 unspecified atom stereocenters. The highest BCUT2D eigenvalue weighted by Gasteiger charge is 1.99. The van der Waals surface area contributed by atoms with Crippen LogP contribution in [0.1, 0.15) is 5.56 Å². The number of imidazole rings is 1. The van der Waals surface area contributed by atoms with Crippen LogP contribution in [0, 0.1) is 0 Å². The molecule has 0 amide bonds. The van der Waals surface area contributed by atoms with Crippen LogP contribution in [0.25, 0.3) is 11.4 Å². The zero-order valence-electron chi connectivity index (χ0n) is 7.90. The first-order chi connectivity index (χ1) is 6.90. The first kappa shape index (κ1) is 8.75. The number of nitrogens with one attached hydrogen (secondary N) is 1. The van der Waals surface area contributed by atoms with Crippen molar-refractivity contribution in [2.75, 3.05) is 0 Å². The predicted molar refractivity (Wildman–Crippen MR) is 57.9 cm³/mol. The monoisotopic (exact) mass is 184 g/mol. The molecule has 0 radical (unpaired) electrons. The lowest BCUT2D eigenvalue weighted by Gasteiger charge is -2.00. The zero-order chi connectivity index (χ0) is 9.80. The van der Waals surface area contributed by atoms with Crippen molar-refractivity contribution in [3.05, 3.63) is 54.9 Å². The standard InChI is InChI=1S/C12H12N2/c1-2-4-10-5-3-6-11(9-10)12-13-7-8-14-12/h2-3,5-9H,1,4H2,(H,13,14). The summed E-state index contributed by atoms with van der Waals surface area (Å²) in [6, 6.07) is 8.30. The van der Waals surface area contributed by atoms with Gasteiger partial charge in [-0.25, -0.2) is 4.98 Å². The van der Waals surface area contributed by atoms with E-state index >= 15 is 0 Å². The number of aromatic amines is 1. The quantitative estimate of drug-likeness (QED) is 0.730. The minimum absolute atomic E-state index is 0.897. The lowest BCUT2D eigenvalue weighted by atomic mass is 10.1. The van der Waals surface area contributed by atoms with Gasteiger partial charge in [-0.05, 0) is 18.1 Å². The minimum Gasteiger partial charge on any atom is -0.345 e. The van der Waals surface area contributed by atoms with Gasteiger partial charge in [0.05, 0.1) is 0 Å². The van der Waals surface area contributed by atoms with Crippen molar-refractivity contribution in [1.82, 2.24) is 9.97 Å². The molecule has 0 spiro atoms. The van der Waals surface area contributed by atoms with Crippen LogP contribution in [-0.4, -0.2) is 9.97 Å². The van der Waals surface area contributed by atoms with Crippen LogP contribution in [0.5, 0.6) is 0 Å². The molecule has 0 aliphatic rings. The van der Waals surface area contributed by atoms with E-state index in [1.807, 2.05) is 24.4 Å². The molecule has 0 saturated heterocycles. The van der Waals surface area contributed by atoms with Gasteiger partial charge in [0, 0.05) is 18.0 Å². The predicted octanol–water partition coefficient (Wildman–Crippen LogP) is 2.81. The number of hydrogen-bond donors (Lipinski definition) is 1. The van der Waals surface area contributed by atoms with Crippen molar-refractivity contribution in [3.8, 4) is 11.4 Å². The van der Waals surface area contributed by atoms with Gasteiger partial charge < -0.3 is 4.98 Å². The second kappa shape index (κ2) is 3.92. The van der Waals surface area contributed by atoms with Gasteiger partial charge >= 0.3 is 0 Å². The van der Waals surface area contributed by atoms with Gasteiger partial charge in [0.1, 0.15) is 5.82 Å². The molecule has 70 valence electrons. The summed E-state index contributed by atoms with van der Waals surface area (Å²) in [7, 11) is 0. The molecule has 1 N–H and O–H groups in total. The van der Waals surface area contributed by atoms with Gasteiger partial charge in [0.2, 0.25) is 0 Å². The number of rotatable bonds is 3. The minimum atomic E-state index is 0.897. The first-order valence-corrected chi connectivity index (χ1v) is 4.60. The molecule has 1 heterocycles. The van der Waals surface area contributed by atoms with E-state index in [0.717, 1.165) is 17.8 Å². The van der Waals surface area contributed by atoms with Crippen molar-refractivity contribution in [2.45, 2.75) is 6.42 Å². The second-order valence-electron chi connectivity index (χ2n) is 3.13. The fourth-order valence-corrected chi connectivity index (χ4v) is 1.44. The van der Waals surface area contributed by atoms with Crippen LogP contribution in [0.3, 0.4) is 0 Å². The molecule has 14 heavy (non-hydrogen) atoms. The molecule has 0 bridgehead atoms. The molecule has 1 aromatic heterocycles. The Balaban J connectivity index is 2.35. The Morgan fingerprint density at radius 1 is 1.43 bits per heavy atom. The average Bonchev–Trinajstić information content (AvgIpc) is 2.71. The number of benzene rings is 1. The molecule has 0 fully saturated rings. The van der Waals surface area contributed by atoms with E-state index in [1.54, 1.807) is 6.20 Å². The SMILES string of the molecule is C=CCc1cccc(-c2ncc[nH]2)c1. The maximum absolute atomic E-state index is 4.21. The van der Waals surface area contributed by atoms with E-state index in [2.05, 4.69) is 28.7 Å². The third-order valence-electron chi connectivity index (χ3n) is 2.08. The molecule has 2 aromatic rings. The first-order valence-electron chi connectivity index (χ1n) is 4.60. The Morgan fingerprint density at radius 2 is 2.36 bits per heavy atom. The van der Waals surface area contributed by atoms with Gasteiger partial charge in [-0.1, -0.05) is 24.3 Å². The van der Waals surface area contributed by atoms with Gasteiger partial charge in [-0.2, -0.15) is 0 Å². The molecular weight excluding hydrogens is 172 g/mol. The highest BCUT2D eigenvalue weighted by Crippen LogP contribution is 2.16. The lowest BCUT2D eigenvalue weighted by Crippen LogP contribution is -1.84. The highest BCUT2D eigenvalue weighted by molar-refractivity contribution is 5.55. The molecule has 2 rings (SSSR count). The van der Waals surface area contributed by atoms with Crippen molar-refractivity contribution in [2.24, 2.45) is 0 Å². The number of nitrogens with zero attached hydrogens (tertiary/aromatic N) is 1. The summed E-state index contributed by atoms with van der Waals surface area (Å²) >= 11 is 0. The molecule has 1 aromatic carbocycles. The van der Waals surface area contributed by atoms with Crippen LogP contribution in [0.2, 0.25) is 0 Å². The molecule has 0 aliphatic heterocycles. The molecular formula is C12H12N2. The van der Waals surface area contributed by atoms with Crippen LogP contribution in [0.15, 0.2) is 49.3 Å². The average molecular weight is 184 g/mol. The highest BCUT2D eigenvalue weighted by atomic mass is 14.9. The van der Waals surface area contributed by atoms with E-state index in [9.17, 15) is 0 Å². The van der Waals surface area contributed by atoms with Gasteiger partial charge in [0.25, 0.3) is 0 Å². The smallest absolute Gasteiger partial charge is 0.137 e. The molecule has 0 aliphatic carbocycles. The zero-order valence-corrected chi connectivity index (χ0v) is 7.90. The fourth-order valence-electron chi connectivity index (χ4n) is 1.44. The Labute approximate surface area is 83.3 Å². The van der Waals surface area contributed by atoms with Crippen molar-refractivity contribution < 1.29 is 0 Å². The Kier molecular flexibility index (Phi) is 2.45. The third kappa shape index (κ3) is 1.74. The van der Waals surface area contributed by atoms with E-state index in [0.29, 0.717) is 0 Å². The van der Waals surface area contributed by atoms with E-state index in [1.165, 1.54) is 5.56 Å². The summed E-state index contributed by atoms with van der Waals surface area (Å²) in [6.45, 7) is 3.72. The third-order valence-corrected chi connectivity index (χ3v) is 2.08. The van der Waals surface area contributed by atoms with E-state index in [4.69, 9.17) is 0 Å². The van der Waals surface area contributed by atoms with Crippen LogP contribution < -0.4 is 0 Å². The summed E-state index contributed by atoms with van der Waals surface area (Å²) in [4.78, 5) is 7.29. The lowest BCUT2D eigenvalue weighted by molar-refractivity contribution is 1.25. The van der Waals surface area contributed by atoms with Crippen molar-refractivity contribution in [1.29, 1.82) is 0 Å². The number of allylic oxidation sites excluding steroid dienone is 1. The van der Waals surface area contributed by atoms with Crippen LogP contribution in [0.4, 0.5) is 0 Å². The number of hydrogen-bond acceptors (Lipinski definition) is 1. The second-order valence-corrected chi connectivity index (χ2v) is 3.13. The summed E-state index contributed by atoms with van der Waals surface area (Å²) in [5, 5.41) is 0. The van der Waals surface area contributed by atoms with Crippen molar-refractivity contribution >= 4 is 0 Å². The van der Waals surface area contributed by atoms with Crippen LogP contribution >= 0.6 is 0 Å². The molecule has 2 nitrogen and oxygen atoms in total. The molecule has 2 heteroatoms. The fraction of sp³-hybridized carbons (Fsp3) is 0.0833. The van der Waals surface area contributed by atoms with Gasteiger partial charge in [-0.3, -0.25) is 0 Å².